The average Bonchev–Trinajstić information content (AvgIpc) is 2.26. The summed E-state index contributed by atoms with van der Waals surface area (Å²) in [4.78, 5) is 0. The predicted octanol–water partition coefficient (Wildman–Crippen LogP) is 3.15. The SMILES string of the molecule is CCOCCOc1c(C)cccc1CCl. The van der Waals surface area contributed by atoms with Crippen LogP contribution in [0.4, 0.5) is 0 Å². The predicted molar refractivity (Wildman–Crippen MR) is 62.7 cm³/mol. The highest BCUT2D eigenvalue weighted by Gasteiger charge is 2.05. The summed E-state index contributed by atoms with van der Waals surface area (Å²) in [5, 5.41) is 0. The number of halogens is 1. The van der Waals surface area contributed by atoms with Crippen molar-refractivity contribution in [3.05, 3.63) is 29.3 Å². The highest BCUT2D eigenvalue weighted by atomic mass is 35.5. The zero-order valence-corrected chi connectivity index (χ0v) is 10.0. The molecule has 1 aromatic carbocycles. The van der Waals surface area contributed by atoms with Gasteiger partial charge in [0.05, 0.1) is 12.5 Å². The van der Waals surface area contributed by atoms with Gasteiger partial charge in [0.15, 0.2) is 0 Å². The van der Waals surface area contributed by atoms with Gasteiger partial charge in [0.25, 0.3) is 0 Å². The maximum Gasteiger partial charge on any atom is 0.126 e. The molecule has 0 aliphatic carbocycles. The van der Waals surface area contributed by atoms with Crippen molar-refractivity contribution in [1.29, 1.82) is 0 Å². The Hall–Kier alpha value is -0.730. The van der Waals surface area contributed by atoms with E-state index in [-0.39, 0.29) is 0 Å². The Bertz CT molecular complexity index is 300. The molecule has 84 valence electrons. The van der Waals surface area contributed by atoms with Crippen LogP contribution < -0.4 is 4.74 Å². The molecule has 0 aliphatic rings. The second-order valence-electron chi connectivity index (χ2n) is 3.24. The lowest BCUT2D eigenvalue weighted by atomic mass is 10.1. The first kappa shape index (κ1) is 12.3. The Morgan fingerprint density at radius 3 is 2.73 bits per heavy atom. The van der Waals surface area contributed by atoms with Gasteiger partial charge in [-0.1, -0.05) is 18.2 Å². The number of benzene rings is 1. The fraction of sp³-hybridized carbons (Fsp3) is 0.500. The van der Waals surface area contributed by atoms with Crippen molar-refractivity contribution >= 4 is 11.6 Å². The molecule has 15 heavy (non-hydrogen) atoms. The molecule has 0 aliphatic heterocycles. The average molecular weight is 229 g/mol. The third-order valence-electron chi connectivity index (χ3n) is 2.12. The van der Waals surface area contributed by atoms with Gasteiger partial charge >= 0.3 is 0 Å². The lowest BCUT2D eigenvalue weighted by Crippen LogP contribution is -2.08. The van der Waals surface area contributed by atoms with Crippen LogP contribution in [0.5, 0.6) is 5.75 Å². The Kier molecular flexibility index (Phi) is 5.51. The van der Waals surface area contributed by atoms with E-state index in [1.807, 2.05) is 32.0 Å². The number of para-hydroxylation sites is 1. The van der Waals surface area contributed by atoms with Gasteiger partial charge in [0.2, 0.25) is 0 Å². The van der Waals surface area contributed by atoms with Crippen molar-refractivity contribution in [2.24, 2.45) is 0 Å². The fourth-order valence-electron chi connectivity index (χ4n) is 1.37. The Morgan fingerprint density at radius 2 is 2.07 bits per heavy atom. The van der Waals surface area contributed by atoms with Gasteiger partial charge in [-0.2, -0.15) is 0 Å². The number of rotatable bonds is 6. The molecule has 0 radical (unpaired) electrons. The van der Waals surface area contributed by atoms with Crippen LogP contribution in [0.1, 0.15) is 18.1 Å². The van der Waals surface area contributed by atoms with Gasteiger partial charge in [0.1, 0.15) is 12.4 Å². The molecule has 0 saturated heterocycles. The topological polar surface area (TPSA) is 18.5 Å². The van der Waals surface area contributed by atoms with Gasteiger partial charge in [-0.15, -0.1) is 11.6 Å². The summed E-state index contributed by atoms with van der Waals surface area (Å²) in [5.41, 5.74) is 2.15. The zero-order chi connectivity index (χ0) is 11.1. The first-order chi connectivity index (χ1) is 7.29. The standard InChI is InChI=1S/C12H17ClO2/c1-3-14-7-8-15-12-10(2)5-4-6-11(12)9-13/h4-6H,3,7-9H2,1-2H3. The lowest BCUT2D eigenvalue weighted by molar-refractivity contribution is 0.109. The monoisotopic (exact) mass is 228 g/mol. The van der Waals surface area contributed by atoms with E-state index in [1.54, 1.807) is 0 Å². The van der Waals surface area contributed by atoms with Crippen LogP contribution in [-0.2, 0) is 10.6 Å². The first-order valence-electron chi connectivity index (χ1n) is 5.14. The second kappa shape index (κ2) is 6.70. The third kappa shape index (κ3) is 3.73. The van der Waals surface area contributed by atoms with Crippen LogP contribution in [-0.4, -0.2) is 19.8 Å². The maximum atomic E-state index is 5.83. The molecule has 0 spiro atoms. The summed E-state index contributed by atoms with van der Waals surface area (Å²) in [6.07, 6.45) is 0. The van der Waals surface area contributed by atoms with Crippen LogP contribution in [0.2, 0.25) is 0 Å². The number of alkyl halides is 1. The van der Waals surface area contributed by atoms with Crippen LogP contribution in [0.15, 0.2) is 18.2 Å². The van der Waals surface area contributed by atoms with E-state index < -0.39 is 0 Å². The van der Waals surface area contributed by atoms with Crippen molar-refractivity contribution in [3.8, 4) is 5.75 Å². The minimum atomic E-state index is 0.478. The highest BCUT2D eigenvalue weighted by Crippen LogP contribution is 2.24. The molecule has 0 saturated carbocycles. The molecule has 0 atom stereocenters. The van der Waals surface area contributed by atoms with E-state index in [4.69, 9.17) is 21.1 Å². The van der Waals surface area contributed by atoms with Gasteiger partial charge in [-0.25, -0.2) is 0 Å². The maximum absolute atomic E-state index is 5.83. The third-order valence-corrected chi connectivity index (χ3v) is 2.40. The van der Waals surface area contributed by atoms with Gasteiger partial charge in [-0.3, -0.25) is 0 Å². The van der Waals surface area contributed by atoms with Crippen LogP contribution >= 0.6 is 11.6 Å². The van der Waals surface area contributed by atoms with E-state index in [2.05, 4.69) is 0 Å². The Morgan fingerprint density at radius 1 is 1.27 bits per heavy atom. The molecule has 0 unspecified atom stereocenters. The minimum Gasteiger partial charge on any atom is -0.491 e. The van der Waals surface area contributed by atoms with Crippen molar-refractivity contribution in [3.63, 3.8) is 0 Å². The largest absolute Gasteiger partial charge is 0.491 e. The minimum absolute atomic E-state index is 0.478. The molecule has 0 bridgehead atoms. The van der Waals surface area contributed by atoms with E-state index in [9.17, 15) is 0 Å². The summed E-state index contributed by atoms with van der Waals surface area (Å²) in [7, 11) is 0. The summed E-state index contributed by atoms with van der Waals surface area (Å²) in [6.45, 7) is 5.90. The number of aryl methyl sites for hydroxylation is 1. The smallest absolute Gasteiger partial charge is 0.126 e. The Labute approximate surface area is 96.2 Å². The van der Waals surface area contributed by atoms with Gasteiger partial charge < -0.3 is 9.47 Å². The molecule has 1 rings (SSSR count). The first-order valence-corrected chi connectivity index (χ1v) is 5.68. The highest BCUT2D eigenvalue weighted by molar-refractivity contribution is 6.17. The lowest BCUT2D eigenvalue weighted by Gasteiger charge is -2.12. The Balaban J connectivity index is 2.58. The molecular weight excluding hydrogens is 212 g/mol. The number of hydrogen-bond donors (Lipinski definition) is 0. The number of ether oxygens (including phenoxy) is 2. The van der Waals surface area contributed by atoms with E-state index >= 15 is 0 Å². The van der Waals surface area contributed by atoms with Gasteiger partial charge in [-0.05, 0) is 19.4 Å². The van der Waals surface area contributed by atoms with Crippen molar-refractivity contribution in [1.82, 2.24) is 0 Å². The molecule has 0 amide bonds. The van der Waals surface area contributed by atoms with Crippen molar-refractivity contribution < 1.29 is 9.47 Å². The van der Waals surface area contributed by atoms with Crippen molar-refractivity contribution in [2.75, 3.05) is 19.8 Å². The fourth-order valence-corrected chi connectivity index (χ4v) is 1.58. The summed E-state index contributed by atoms with van der Waals surface area (Å²) in [6, 6.07) is 5.99. The van der Waals surface area contributed by atoms with Crippen molar-refractivity contribution in [2.45, 2.75) is 19.7 Å². The summed E-state index contributed by atoms with van der Waals surface area (Å²) >= 11 is 5.83. The van der Waals surface area contributed by atoms with Crippen LogP contribution in [0.25, 0.3) is 0 Å². The normalized spacial score (nSPS) is 10.3. The van der Waals surface area contributed by atoms with Crippen LogP contribution in [0, 0.1) is 6.92 Å². The van der Waals surface area contributed by atoms with E-state index in [1.165, 1.54) is 0 Å². The molecule has 2 nitrogen and oxygen atoms in total. The van der Waals surface area contributed by atoms with E-state index in [0.29, 0.717) is 19.1 Å². The molecular formula is C12H17ClO2. The second-order valence-corrected chi connectivity index (χ2v) is 3.51. The van der Waals surface area contributed by atoms with Crippen LogP contribution in [0.3, 0.4) is 0 Å². The summed E-state index contributed by atoms with van der Waals surface area (Å²) in [5.74, 6) is 1.37. The number of hydrogen-bond acceptors (Lipinski definition) is 2. The van der Waals surface area contributed by atoms with Gasteiger partial charge in [0, 0.05) is 12.2 Å². The van der Waals surface area contributed by atoms with E-state index in [0.717, 1.165) is 23.5 Å². The molecule has 0 N–H and O–H groups in total. The zero-order valence-electron chi connectivity index (χ0n) is 9.25. The molecule has 0 aromatic heterocycles. The molecule has 0 fully saturated rings. The molecule has 0 heterocycles. The molecule has 1 aromatic rings. The molecule has 3 heteroatoms. The quantitative estimate of drug-likeness (QED) is 0.550. The summed E-state index contributed by atoms with van der Waals surface area (Å²) < 4.78 is 10.9.